The minimum Gasteiger partial charge on any atom is -0.465 e. The van der Waals surface area contributed by atoms with Gasteiger partial charge < -0.3 is 14.2 Å². The van der Waals surface area contributed by atoms with Crippen LogP contribution in [0.3, 0.4) is 0 Å². The van der Waals surface area contributed by atoms with Crippen LogP contribution in [-0.2, 0) is 19.0 Å². The standard InChI is InChI=1S/C12H17NO4/c1-2-15-10(14)11(9-13)3-5-12(6-4-11)16-7-8-17-12/h2-8H2,1H3. The van der Waals surface area contributed by atoms with Gasteiger partial charge in [0.15, 0.2) is 11.2 Å². The maximum Gasteiger partial charge on any atom is 0.326 e. The Morgan fingerprint density at radius 3 is 2.35 bits per heavy atom. The van der Waals surface area contributed by atoms with Crippen molar-refractivity contribution in [3.8, 4) is 6.07 Å². The monoisotopic (exact) mass is 239 g/mol. The third kappa shape index (κ3) is 2.15. The van der Waals surface area contributed by atoms with Crippen LogP contribution in [0.5, 0.6) is 0 Å². The van der Waals surface area contributed by atoms with Crippen LogP contribution in [0.15, 0.2) is 0 Å². The van der Waals surface area contributed by atoms with Gasteiger partial charge in [-0.05, 0) is 19.8 Å². The van der Waals surface area contributed by atoms with Gasteiger partial charge in [-0.15, -0.1) is 0 Å². The fourth-order valence-corrected chi connectivity index (χ4v) is 2.47. The quantitative estimate of drug-likeness (QED) is 0.681. The van der Waals surface area contributed by atoms with E-state index in [2.05, 4.69) is 6.07 Å². The van der Waals surface area contributed by atoms with Gasteiger partial charge in [-0.3, -0.25) is 4.79 Å². The number of hydrogen-bond donors (Lipinski definition) is 0. The van der Waals surface area contributed by atoms with E-state index in [0.29, 0.717) is 45.5 Å². The van der Waals surface area contributed by atoms with Crippen molar-refractivity contribution >= 4 is 5.97 Å². The minimum atomic E-state index is -1.00. The maximum absolute atomic E-state index is 11.8. The van der Waals surface area contributed by atoms with Crippen molar-refractivity contribution in [3.05, 3.63) is 0 Å². The van der Waals surface area contributed by atoms with Gasteiger partial charge in [0.2, 0.25) is 0 Å². The summed E-state index contributed by atoms with van der Waals surface area (Å²) in [6.45, 7) is 3.24. The largest absolute Gasteiger partial charge is 0.465 e. The van der Waals surface area contributed by atoms with Crippen molar-refractivity contribution in [3.63, 3.8) is 0 Å². The lowest BCUT2D eigenvalue weighted by molar-refractivity contribution is -0.193. The van der Waals surface area contributed by atoms with E-state index in [-0.39, 0.29) is 0 Å². The van der Waals surface area contributed by atoms with Gasteiger partial charge in [-0.1, -0.05) is 0 Å². The molecular formula is C12H17NO4. The van der Waals surface area contributed by atoms with Crippen molar-refractivity contribution in [1.29, 1.82) is 5.26 Å². The van der Waals surface area contributed by atoms with Crippen LogP contribution in [0.4, 0.5) is 0 Å². The van der Waals surface area contributed by atoms with Crippen molar-refractivity contribution < 1.29 is 19.0 Å². The predicted molar refractivity (Wildman–Crippen MR) is 57.8 cm³/mol. The van der Waals surface area contributed by atoms with Crippen LogP contribution in [0.2, 0.25) is 0 Å². The third-order valence-corrected chi connectivity index (χ3v) is 3.56. The Morgan fingerprint density at radius 2 is 1.88 bits per heavy atom. The zero-order valence-corrected chi connectivity index (χ0v) is 10.0. The zero-order chi connectivity index (χ0) is 12.4. The SMILES string of the molecule is CCOC(=O)C1(C#N)CCC2(CC1)OCCO2. The molecule has 0 atom stereocenters. The van der Waals surface area contributed by atoms with Gasteiger partial charge in [0.25, 0.3) is 0 Å². The summed E-state index contributed by atoms with van der Waals surface area (Å²) in [5, 5.41) is 9.24. The molecule has 94 valence electrons. The second-order valence-electron chi connectivity index (χ2n) is 4.52. The Labute approximate surface area is 101 Å². The number of ether oxygens (including phenoxy) is 3. The summed E-state index contributed by atoms with van der Waals surface area (Å²) in [7, 11) is 0. The summed E-state index contributed by atoms with van der Waals surface area (Å²) in [6, 6.07) is 2.12. The number of carbonyl (C=O) groups excluding carboxylic acids is 1. The molecule has 0 aromatic rings. The van der Waals surface area contributed by atoms with Crippen molar-refractivity contribution in [2.45, 2.75) is 38.4 Å². The van der Waals surface area contributed by atoms with Gasteiger partial charge in [0, 0.05) is 12.8 Å². The Morgan fingerprint density at radius 1 is 1.29 bits per heavy atom. The van der Waals surface area contributed by atoms with E-state index in [1.807, 2.05) is 0 Å². The molecule has 2 rings (SSSR count). The molecule has 1 aliphatic carbocycles. The molecule has 1 saturated heterocycles. The van der Waals surface area contributed by atoms with E-state index in [0.717, 1.165) is 0 Å². The molecule has 2 fully saturated rings. The number of rotatable bonds is 2. The maximum atomic E-state index is 11.8. The molecule has 5 heteroatoms. The molecule has 1 spiro atoms. The molecule has 1 heterocycles. The smallest absolute Gasteiger partial charge is 0.326 e. The molecule has 17 heavy (non-hydrogen) atoms. The van der Waals surface area contributed by atoms with Crippen LogP contribution < -0.4 is 0 Å². The number of carbonyl (C=O) groups is 1. The summed E-state index contributed by atoms with van der Waals surface area (Å²) in [5.74, 6) is -0.956. The Bertz CT molecular complexity index is 331. The number of esters is 1. The van der Waals surface area contributed by atoms with Crippen molar-refractivity contribution in [2.75, 3.05) is 19.8 Å². The van der Waals surface area contributed by atoms with Crippen LogP contribution in [0, 0.1) is 16.7 Å². The zero-order valence-electron chi connectivity index (χ0n) is 10.0. The topological polar surface area (TPSA) is 68.6 Å². The fraction of sp³-hybridized carbons (Fsp3) is 0.833. The molecule has 0 unspecified atom stereocenters. The molecule has 0 aromatic carbocycles. The van der Waals surface area contributed by atoms with Gasteiger partial charge >= 0.3 is 5.97 Å². The molecule has 2 aliphatic rings. The van der Waals surface area contributed by atoms with Gasteiger partial charge in [-0.25, -0.2) is 0 Å². The van der Waals surface area contributed by atoms with Crippen molar-refractivity contribution in [2.24, 2.45) is 5.41 Å². The third-order valence-electron chi connectivity index (χ3n) is 3.56. The lowest BCUT2D eigenvalue weighted by Gasteiger charge is -2.38. The molecule has 0 radical (unpaired) electrons. The Balaban J connectivity index is 2.04. The minimum absolute atomic E-state index is 0.306. The first-order valence-electron chi connectivity index (χ1n) is 6.03. The van der Waals surface area contributed by atoms with E-state index >= 15 is 0 Å². The highest BCUT2D eigenvalue weighted by Crippen LogP contribution is 2.45. The number of nitrogens with zero attached hydrogens (tertiary/aromatic N) is 1. The van der Waals surface area contributed by atoms with Crippen LogP contribution in [0.1, 0.15) is 32.6 Å². The first-order chi connectivity index (χ1) is 8.16. The second-order valence-corrected chi connectivity index (χ2v) is 4.52. The Kier molecular flexibility index (Phi) is 3.36. The van der Waals surface area contributed by atoms with E-state index in [4.69, 9.17) is 14.2 Å². The highest BCUT2D eigenvalue weighted by Gasteiger charge is 2.51. The van der Waals surface area contributed by atoms with Crippen LogP contribution in [0.25, 0.3) is 0 Å². The van der Waals surface area contributed by atoms with E-state index in [9.17, 15) is 10.1 Å². The van der Waals surface area contributed by atoms with E-state index in [1.54, 1.807) is 6.92 Å². The van der Waals surface area contributed by atoms with E-state index in [1.165, 1.54) is 0 Å². The molecule has 5 nitrogen and oxygen atoms in total. The predicted octanol–water partition coefficient (Wildman–Crippen LogP) is 1.38. The second kappa shape index (κ2) is 4.63. The van der Waals surface area contributed by atoms with Crippen molar-refractivity contribution in [1.82, 2.24) is 0 Å². The lowest BCUT2D eigenvalue weighted by Crippen LogP contribution is -2.43. The summed E-state index contributed by atoms with van der Waals surface area (Å²) in [4.78, 5) is 11.8. The molecule has 1 aliphatic heterocycles. The Hall–Kier alpha value is -1.12. The van der Waals surface area contributed by atoms with Crippen LogP contribution >= 0.6 is 0 Å². The normalized spacial score (nSPS) is 25.4. The fourth-order valence-electron chi connectivity index (χ4n) is 2.47. The summed E-state index contributed by atoms with van der Waals surface area (Å²) < 4.78 is 16.1. The summed E-state index contributed by atoms with van der Waals surface area (Å²) >= 11 is 0. The molecular weight excluding hydrogens is 222 g/mol. The highest BCUT2D eigenvalue weighted by atomic mass is 16.7. The van der Waals surface area contributed by atoms with Gasteiger partial charge in [0.05, 0.1) is 25.9 Å². The van der Waals surface area contributed by atoms with E-state index < -0.39 is 17.2 Å². The van der Waals surface area contributed by atoms with Crippen LogP contribution in [-0.4, -0.2) is 31.6 Å². The molecule has 0 bridgehead atoms. The highest BCUT2D eigenvalue weighted by molar-refractivity contribution is 5.80. The number of nitriles is 1. The van der Waals surface area contributed by atoms with Gasteiger partial charge in [0.1, 0.15) is 0 Å². The summed E-state index contributed by atoms with van der Waals surface area (Å²) in [6.07, 6.45) is 2.06. The molecule has 0 N–H and O–H groups in total. The first kappa shape index (κ1) is 12.3. The molecule has 0 aromatic heterocycles. The molecule has 1 saturated carbocycles. The number of hydrogen-bond acceptors (Lipinski definition) is 5. The average Bonchev–Trinajstić information content (AvgIpc) is 2.80. The average molecular weight is 239 g/mol. The van der Waals surface area contributed by atoms with Gasteiger partial charge in [-0.2, -0.15) is 5.26 Å². The molecule has 0 amide bonds. The summed E-state index contributed by atoms with van der Waals surface area (Å²) in [5.41, 5.74) is -1.00. The lowest BCUT2D eigenvalue weighted by atomic mass is 9.73. The first-order valence-corrected chi connectivity index (χ1v) is 6.03.